The van der Waals surface area contributed by atoms with Crippen LogP contribution in [0.25, 0.3) is 0 Å². The molecule has 0 aromatic heterocycles. The Labute approximate surface area is 157 Å². The molecule has 3 rings (SSSR count). The number of rotatable bonds is 5. The van der Waals surface area contributed by atoms with Gasteiger partial charge in [-0.1, -0.05) is 0 Å². The third-order valence-electron chi connectivity index (χ3n) is 4.59. The molecule has 0 bridgehead atoms. The molecule has 2 amide bonds. The summed E-state index contributed by atoms with van der Waals surface area (Å²) in [6.07, 6.45) is 0.975. The molecular formula is C20H23N3O4. The fourth-order valence-electron chi connectivity index (χ4n) is 2.80. The smallest absolute Gasteiger partial charge is 0.255 e. The Balaban J connectivity index is 1.60. The quantitative estimate of drug-likeness (QED) is 0.751. The first-order chi connectivity index (χ1) is 13.0. The van der Waals surface area contributed by atoms with E-state index in [0.717, 1.165) is 5.75 Å². The summed E-state index contributed by atoms with van der Waals surface area (Å²) in [5, 5.41) is 5.63. The number of amides is 2. The van der Waals surface area contributed by atoms with Gasteiger partial charge in [0.1, 0.15) is 11.3 Å². The molecule has 4 N–H and O–H groups in total. The van der Waals surface area contributed by atoms with Crippen LogP contribution >= 0.6 is 0 Å². The van der Waals surface area contributed by atoms with E-state index in [0.29, 0.717) is 43.0 Å². The number of carbonyl (C=O) groups is 2. The molecule has 1 heterocycles. The van der Waals surface area contributed by atoms with E-state index in [2.05, 4.69) is 10.6 Å². The summed E-state index contributed by atoms with van der Waals surface area (Å²) in [7, 11) is 1.59. The summed E-state index contributed by atoms with van der Waals surface area (Å²) in [5.74, 6) is 0.245. The van der Waals surface area contributed by atoms with Gasteiger partial charge in [-0.15, -0.1) is 0 Å². The van der Waals surface area contributed by atoms with Crippen molar-refractivity contribution in [2.24, 2.45) is 5.73 Å². The van der Waals surface area contributed by atoms with Gasteiger partial charge in [0.15, 0.2) is 0 Å². The van der Waals surface area contributed by atoms with E-state index < -0.39 is 5.54 Å². The molecule has 2 aromatic rings. The van der Waals surface area contributed by atoms with Crippen LogP contribution in [-0.2, 0) is 9.53 Å². The summed E-state index contributed by atoms with van der Waals surface area (Å²) in [6, 6.07) is 13.7. The second kappa shape index (κ2) is 8.20. The normalized spacial score (nSPS) is 15.6. The predicted molar refractivity (Wildman–Crippen MR) is 103 cm³/mol. The standard InChI is InChI=1S/C20H23N3O4/c1-26-17-8-6-15(7-9-17)22-18(24)14-2-4-16(5-3-14)23-19(25)20(21)10-12-27-13-11-20/h2-9H,10-13,21H2,1H3,(H,22,24)(H,23,25). The Morgan fingerprint density at radius 1 is 0.963 bits per heavy atom. The van der Waals surface area contributed by atoms with E-state index in [-0.39, 0.29) is 11.8 Å². The van der Waals surface area contributed by atoms with Crippen molar-refractivity contribution in [3.05, 3.63) is 54.1 Å². The summed E-state index contributed by atoms with van der Waals surface area (Å²) in [4.78, 5) is 24.8. The summed E-state index contributed by atoms with van der Waals surface area (Å²) >= 11 is 0. The Morgan fingerprint density at radius 3 is 2.11 bits per heavy atom. The molecule has 1 saturated heterocycles. The van der Waals surface area contributed by atoms with Crippen molar-refractivity contribution < 1.29 is 19.1 Å². The van der Waals surface area contributed by atoms with Gasteiger partial charge in [0.2, 0.25) is 5.91 Å². The third kappa shape index (κ3) is 4.64. The first-order valence-corrected chi connectivity index (χ1v) is 8.74. The van der Waals surface area contributed by atoms with Gasteiger partial charge in [-0.25, -0.2) is 0 Å². The monoisotopic (exact) mass is 369 g/mol. The van der Waals surface area contributed by atoms with Gasteiger partial charge >= 0.3 is 0 Å². The maximum absolute atomic E-state index is 12.4. The highest BCUT2D eigenvalue weighted by atomic mass is 16.5. The third-order valence-corrected chi connectivity index (χ3v) is 4.59. The molecule has 0 radical (unpaired) electrons. The lowest BCUT2D eigenvalue weighted by atomic mass is 9.90. The fraction of sp³-hybridized carbons (Fsp3) is 0.300. The largest absolute Gasteiger partial charge is 0.497 e. The summed E-state index contributed by atoms with van der Waals surface area (Å²) in [5.41, 5.74) is 7.00. The SMILES string of the molecule is COc1ccc(NC(=O)c2ccc(NC(=O)C3(N)CCOCC3)cc2)cc1. The lowest BCUT2D eigenvalue weighted by Gasteiger charge is -2.31. The van der Waals surface area contributed by atoms with Crippen molar-refractivity contribution in [3.8, 4) is 5.75 Å². The number of anilines is 2. The number of ether oxygens (including phenoxy) is 2. The minimum atomic E-state index is -0.914. The van der Waals surface area contributed by atoms with Gasteiger partial charge < -0.3 is 25.8 Å². The number of hydrogen-bond acceptors (Lipinski definition) is 5. The molecular weight excluding hydrogens is 346 g/mol. The van der Waals surface area contributed by atoms with Crippen molar-refractivity contribution in [1.82, 2.24) is 0 Å². The van der Waals surface area contributed by atoms with Gasteiger partial charge in [-0.3, -0.25) is 9.59 Å². The van der Waals surface area contributed by atoms with Gasteiger partial charge in [0.05, 0.1) is 7.11 Å². The van der Waals surface area contributed by atoms with Crippen LogP contribution in [0, 0.1) is 0 Å². The second-order valence-corrected chi connectivity index (χ2v) is 6.48. The lowest BCUT2D eigenvalue weighted by molar-refractivity contribution is -0.124. The fourth-order valence-corrected chi connectivity index (χ4v) is 2.80. The Bertz CT molecular complexity index is 797. The number of nitrogens with two attached hydrogens (primary N) is 1. The molecule has 0 aliphatic carbocycles. The predicted octanol–water partition coefficient (Wildman–Crippen LogP) is 2.39. The Hall–Kier alpha value is -2.90. The van der Waals surface area contributed by atoms with Crippen LogP contribution in [-0.4, -0.2) is 37.7 Å². The minimum absolute atomic E-state index is 0.235. The molecule has 7 nitrogen and oxygen atoms in total. The first-order valence-electron chi connectivity index (χ1n) is 8.74. The molecule has 7 heteroatoms. The molecule has 27 heavy (non-hydrogen) atoms. The number of carbonyl (C=O) groups excluding carboxylic acids is 2. The second-order valence-electron chi connectivity index (χ2n) is 6.48. The highest BCUT2D eigenvalue weighted by molar-refractivity contribution is 6.05. The lowest BCUT2D eigenvalue weighted by Crippen LogP contribution is -2.54. The van der Waals surface area contributed by atoms with E-state index in [1.165, 1.54) is 0 Å². The van der Waals surface area contributed by atoms with E-state index in [4.69, 9.17) is 15.2 Å². The molecule has 1 aliphatic heterocycles. The van der Waals surface area contributed by atoms with Crippen LogP contribution in [0.4, 0.5) is 11.4 Å². The molecule has 0 saturated carbocycles. The van der Waals surface area contributed by atoms with E-state index >= 15 is 0 Å². The van der Waals surface area contributed by atoms with Gasteiger partial charge in [-0.05, 0) is 61.4 Å². The Morgan fingerprint density at radius 2 is 1.52 bits per heavy atom. The van der Waals surface area contributed by atoms with Gasteiger partial charge in [0.25, 0.3) is 5.91 Å². The zero-order valence-corrected chi connectivity index (χ0v) is 15.2. The maximum atomic E-state index is 12.4. The molecule has 0 unspecified atom stereocenters. The van der Waals surface area contributed by atoms with Crippen molar-refractivity contribution in [1.29, 1.82) is 0 Å². The number of nitrogens with one attached hydrogen (secondary N) is 2. The highest BCUT2D eigenvalue weighted by Crippen LogP contribution is 2.21. The zero-order valence-electron chi connectivity index (χ0n) is 15.2. The van der Waals surface area contributed by atoms with Gasteiger partial charge in [0, 0.05) is 30.2 Å². The number of hydrogen-bond donors (Lipinski definition) is 3. The maximum Gasteiger partial charge on any atom is 0.255 e. The molecule has 2 aromatic carbocycles. The van der Waals surface area contributed by atoms with E-state index in [1.54, 1.807) is 55.6 Å². The minimum Gasteiger partial charge on any atom is -0.497 e. The zero-order chi connectivity index (χ0) is 19.3. The van der Waals surface area contributed by atoms with Crippen molar-refractivity contribution in [3.63, 3.8) is 0 Å². The number of methoxy groups -OCH3 is 1. The van der Waals surface area contributed by atoms with Crippen LogP contribution in [0.2, 0.25) is 0 Å². The number of benzene rings is 2. The van der Waals surface area contributed by atoms with Gasteiger partial charge in [-0.2, -0.15) is 0 Å². The van der Waals surface area contributed by atoms with Crippen LogP contribution in [0.3, 0.4) is 0 Å². The van der Waals surface area contributed by atoms with Crippen molar-refractivity contribution >= 4 is 23.2 Å². The van der Waals surface area contributed by atoms with Crippen LogP contribution in [0.1, 0.15) is 23.2 Å². The van der Waals surface area contributed by atoms with E-state index in [1.807, 2.05) is 0 Å². The molecule has 142 valence electrons. The highest BCUT2D eigenvalue weighted by Gasteiger charge is 2.35. The summed E-state index contributed by atoms with van der Waals surface area (Å²) in [6.45, 7) is 0.961. The Kier molecular flexibility index (Phi) is 5.73. The molecule has 0 atom stereocenters. The molecule has 0 spiro atoms. The topological polar surface area (TPSA) is 103 Å². The molecule has 1 aliphatic rings. The first kappa shape index (κ1) is 18.9. The van der Waals surface area contributed by atoms with Crippen LogP contribution < -0.4 is 21.1 Å². The summed E-state index contributed by atoms with van der Waals surface area (Å²) < 4.78 is 10.3. The van der Waals surface area contributed by atoms with Crippen molar-refractivity contribution in [2.45, 2.75) is 18.4 Å². The molecule has 1 fully saturated rings. The van der Waals surface area contributed by atoms with E-state index in [9.17, 15) is 9.59 Å². The van der Waals surface area contributed by atoms with Crippen molar-refractivity contribution in [2.75, 3.05) is 31.0 Å². The average Bonchev–Trinajstić information content (AvgIpc) is 2.69. The van der Waals surface area contributed by atoms with Crippen LogP contribution in [0.5, 0.6) is 5.75 Å². The average molecular weight is 369 g/mol. The van der Waals surface area contributed by atoms with Crippen LogP contribution in [0.15, 0.2) is 48.5 Å².